The van der Waals surface area contributed by atoms with Crippen LogP contribution in [0.1, 0.15) is 17.3 Å². The highest BCUT2D eigenvalue weighted by Crippen LogP contribution is 2.22. The maximum atomic E-state index is 12.3. The smallest absolute Gasteiger partial charge is 0.255 e. The van der Waals surface area contributed by atoms with Crippen molar-refractivity contribution in [3.63, 3.8) is 0 Å². The van der Waals surface area contributed by atoms with E-state index in [0.717, 1.165) is 17.2 Å². The lowest BCUT2D eigenvalue weighted by atomic mass is 10.2. The van der Waals surface area contributed by atoms with Crippen LogP contribution in [0, 0.1) is 0 Å². The largest absolute Gasteiger partial charge is 0.494 e. The summed E-state index contributed by atoms with van der Waals surface area (Å²) in [6, 6.07) is 12.6. The Labute approximate surface area is 125 Å². The van der Waals surface area contributed by atoms with E-state index < -0.39 is 0 Å². The molecular formula is C15H13N3O2S. The molecule has 0 unspecified atom stereocenters. The first-order valence-corrected chi connectivity index (χ1v) is 7.26. The van der Waals surface area contributed by atoms with Gasteiger partial charge in [-0.3, -0.25) is 4.79 Å². The minimum Gasteiger partial charge on any atom is -0.494 e. The predicted octanol–water partition coefficient (Wildman–Crippen LogP) is 3.34. The van der Waals surface area contributed by atoms with Crippen LogP contribution in [0.3, 0.4) is 0 Å². The second kappa shape index (κ2) is 5.88. The highest BCUT2D eigenvalue weighted by atomic mass is 32.1. The van der Waals surface area contributed by atoms with Crippen LogP contribution in [0.25, 0.3) is 11.0 Å². The Morgan fingerprint density at radius 1 is 1.24 bits per heavy atom. The number of anilines is 1. The Kier molecular flexibility index (Phi) is 3.79. The molecule has 21 heavy (non-hydrogen) atoms. The van der Waals surface area contributed by atoms with E-state index in [4.69, 9.17) is 4.74 Å². The van der Waals surface area contributed by atoms with Crippen LogP contribution >= 0.6 is 11.7 Å². The normalized spacial score (nSPS) is 10.5. The van der Waals surface area contributed by atoms with Crippen molar-refractivity contribution in [1.29, 1.82) is 0 Å². The standard InChI is InChI=1S/C15H13N3O2S/c1-2-20-11-6-3-5-10(9-11)15(19)16-12-7-4-8-13-14(12)18-21-17-13/h3-9H,2H2,1H3,(H,16,19). The third kappa shape index (κ3) is 2.85. The molecule has 0 bridgehead atoms. The molecule has 1 N–H and O–H groups in total. The number of hydrogen-bond donors (Lipinski definition) is 1. The second-order valence-electron chi connectivity index (χ2n) is 4.35. The molecule has 6 heteroatoms. The Morgan fingerprint density at radius 2 is 2.10 bits per heavy atom. The summed E-state index contributed by atoms with van der Waals surface area (Å²) in [6.07, 6.45) is 0. The first-order chi connectivity index (χ1) is 10.3. The fourth-order valence-corrected chi connectivity index (χ4v) is 2.54. The molecule has 0 fully saturated rings. The van der Waals surface area contributed by atoms with Crippen LogP contribution < -0.4 is 10.1 Å². The van der Waals surface area contributed by atoms with Crippen LogP contribution in [0.5, 0.6) is 5.75 Å². The van der Waals surface area contributed by atoms with Gasteiger partial charge in [0.15, 0.2) is 0 Å². The molecular weight excluding hydrogens is 286 g/mol. The van der Waals surface area contributed by atoms with E-state index >= 15 is 0 Å². The first-order valence-electron chi connectivity index (χ1n) is 6.53. The molecule has 0 radical (unpaired) electrons. The fourth-order valence-electron chi connectivity index (χ4n) is 2.00. The molecule has 0 spiro atoms. The highest BCUT2D eigenvalue weighted by molar-refractivity contribution is 7.00. The monoisotopic (exact) mass is 299 g/mol. The van der Waals surface area contributed by atoms with Crippen LogP contribution in [0.15, 0.2) is 42.5 Å². The van der Waals surface area contributed by atoms with E-state index in [2.05, 4.69) is 14.1 Å². The fraction of sp³-hybridized carbons (Fsp3) is 0.133. The van der Waals surface area contributed by atoms with Crippen molar-refractivity contribution < 1.29 is 9.53 Å². The van der Waals surface area contributed by atoms with Crippen molar-refractivity contribution in [3.05, 3.63) is 48.0 Å². The number of nitrogens with one attached hydrogen (secondary N) is 1. The minimum atomic E-state index is -0.197. The number of benzene rings is 2. The lowest BCUT2D eigenvalue weighted by molar-refractivity contribution is 0.102. The van der Waals surface area contributed by atoms with Gasteiger partial charge in [-0.05, 0) is 37.3 Å². The number of carbonyl (C=O) groups excluding carboxylic acids is 1. The van der Waals surface area contributed by atoms with E-state index in [1.165, 1.54) is 0 Å². The van der Waals surface area contributed by atoms with Crippen molar-refractivity contribution in [2.45, 2.75) is 6.92 Å². The van der Waals surface area contributed by atoms with Gasteiger partial charge in [-0.2, -0.15) is 8.75 Å². The summed E-state index contributed by atoms with van der Waals surface area (Å²) in [5.74, 6) is 0.482. The number of hydrogen-bond acceptors (Lipinski definition) is 5. The molecule has 0 aliphatic rings. The van der Waals surface area contributed by atoms with Crippen molar-refractivity contribution in [1.82, 2.24) is 8.75 Å². The van der Waals surface area contributed by atoms with Gasteiger partial charge in [-0.25, -0.2) is 0 Å². The average Bonchev–Trinajstić information content (AvgIpc) is 2.97. The second-order valence-corrected chi connectivity index (χ2v) is 4.88. The van der Waals surface area contributed by atoms with Gasteiger partial charge < -0.3 is 10.1 Å². The third-order valence-electron chi connectivity index (χ3n) is 2.94. The Morgan fingerprint density at radius 3 is 2.95 bits per heavy atom. The molecule has 5 nitrogen and oxygen atoms in total. The summed E-state index contributed by atoms with van der Waals surface area (Å²) in [4.78, 5) is 12.3. The summed E-state index contributed by atoms with van der Waals surface area (Å²) in [6.45, 7) is 2.47. The molecule has 1 amide bonds. The van der Waals surface area contributed by atoms with Crippen molar-refractivity contribution in [2.75, 3.05) is 11.9 Å². The molecule has 3 rings (SSSR count). The molecule has 0 atom stereocenters. The number of carbonyl (C=O) groups is 1. The zero-order chi connectivity index (χ0) is 14.7. The average molecular weight is 299 g/mol. The summed E-state index contributed by atoms with van der Waals surface area (Å²) in [7, 11) is 0. The molecule has 106 valence electrons. The maximum Gasteiger partial charge on any atom is 0.255 e. The first kappa shape index (κ1) is 13.5. The SMILES string of the molecule is CCOc1cccc(C(=O)Nc2cccc3nsnc23)c1. The van der Waals surface area contributed by atoms with E-state index in [1.807, 2.05) is 31.2 Å². The molecule has 2 aromatic carbocycles. The van der Waals surface area contributed by atoms with E-state index in [-0.39, 0.29) is 5.91 Å². The van der Waals surface area contributed by atoms with Gasteiger partial charge in [0, 0.05) is 5.56 Å². The number of nitrogens with zero attached hydrogens (tertiary/aromatic N) is 2. The third-order valence-corrected chi connectivity index (χ3v) is 3.48. The number of rotatable bonds is 4. The van der Waals surface area contributed by atoms with Crippen LogP contribution in [0.4, 0.5) is 5.69 Å². The van der Waals surface area contributed by atoms with E-state index in [0.29, 0.717) is 29.1 Å². The molecule has 0 saturated carbocycles. The highest BCUT2D eigenvalue weighted by Gasteiger charge is 2.11. The summed E-state index contributed by atoms with van der Waals surface area (Å²) in [5, 5.41) is 2.87. The van der Waals surface area contributed by atoms with E-state index in [9.17, 15) is 4.79 Å². The van der Waals surface area contributed by atoms with Gasteiger partial charge in [0.05, 0.1) is 24.0 Å². The lowest BCUT2D eigenvalue weighted by Crippen LogP contribution is -2.12. The zero-order valence-electron chi connectivity index (χ0n) is 11.4. The number of aromatic nitrogens is 2. The van der Waals surface area contributed by atoms with Crippen LogP contribution in [-0.4, -0.2) is 21.3 Å². The van der Waals surface area contributed by atoms with Gasteiger partial charge in [-0.1, -0.05) is 12.1 Å². The number of amides is 1. The number of ether oxygens (including phenoxy) is 1. The van der Waals surface area contributed by atoms with Gasteiger partial charge in [-0.15, -0.1) is 0 Å². The number of fused-ring (bicyclic) bond motifs is 1. The van der Waals surface area contributed by atoms with Gasteiger partial charge in [0.25, 0.3) is 5.91 Å². The van der Waals surface area contributed by atoms with Crippen LogP contribution in [-0.2, 0) is 0 Å². The molecule has 1 heterocycles. The lowest BCUT2D eigenvalue weighted by Gasteiger charge is -2.07. The van der Waals surface area contributed by atoms with E-state index in [1.54, 1.807) is 18.2 Å². The minimum absolute atomic E-state index is 0.197. The zero-order valence-corrected chi connectivity index (χ0v) is 12.2. The van der Waals surface area contributed by atoms with Gasteiger partial charge in [0.2, 0.25) is 0 Å². The van der Waals surface area contributed by atoms with Crippen molar-refractivity contribution in [2.24, 2.45) is 0 Å². The maximum absolute atomic E-state index is 12.3. The molecule has 1 aromatic heterocycles. The summed E-state index contributed by atoms with van der Waals surface area (Å²) >= 11 is 1.13. The van der Waals surface area contributed by atoms with Gasteiger partial charge in [0.1, 0.15) is 16.8 Å². The van der Waals surface area contributed by atoms with Gasteiger partial charge >= 0.3 is 0 Å². The molecule has 0 saturated heterocycles. The van der Waals surface area contributed by atoms with Crippen molar-refractivity contribution >= 4 is 34.4 Å². The Hall–Kier alpha value is -2.47. The summed E-state index contributed by atoms with van der Waals surface area (Å²) in [5.41, 5.74) is 2.69. The Balaban J connectivity index is 1.86. The topological polar surface area (TPSA) is 64.1 Å². The molecule has 3 aromatic rings. The molecule has 0 aliphatic heterocycles. The van der Waals surface area contributed by atoms with Crippen LogP contribution in [0.2, 0.25) is 0 Å². The van der Waals surface area contributed by atoms with Crippen molar-refractivity contribution in [3.8, 4) is 5.75 Å². The predicted molar refractivity (Wildman–Crippen MR) is 83.0 cm³/mol. The summed E-state index contributed by atoms with van der Waals surface area (Å²) < 4.78 is 13.8. The Bertz CT molecular complexity index is 785. The quantitative estimate of drug-likeness (QED) is 0.802. The molecule has 0 aliphatic carbocycles.